The van der Waals surface area contributed by atoms with Gasteiger partial charge >= 0.3 is 0 Å². The SMILES string of the molecule is CCN(CC)C(=O)c1ccc2c(c1)C1C=CCC1C(c1cccc(Cl)c1Cl)N2. The fourth-order valence-electron chi connectivity index (χ4n) is 4.49. The van der Waals surface area contributed by atoms with E-state index in [1.165, 1.54) is 5.56 Å². The minimum Gasteiger partial charge on any atom is -0.378 e. The first-order valence-electron chi connectivity index (χ1n) is 9.85. The van der Waals surface area contributed by atoms with E-state index in [4.69, 9.17) is 23.2 Å². The average Bonchev–Trinajstić information content (AvgIpc) is 3.20. The molecule has 0 aromatic heterocycles. The van der Waals surface area contributed by atoms with Crippen molar-refractivity contribution in [3.05, 3.63) is 75.3 Å². The van der Waals surface area contributed by atoms with E-state index in [1.54, 1.807) is 0 Å². The highest BCUT2D eigenvalue weighted by Crippen LogP contribution is 2.51. The predicted molar refractivity (Wildman–Crippen MR) is 117 cm³/mol. The standard InChI is InChI=1S/C23H24Cl2N2O/c1-3-27(4-2)23(28)14-11-12-20-18(13-14)15-7-5-8-16(15)22(26-20)17-9-6-10-19(24)21(17)25/h5-7,9-13,15-16,22,26H,3-4,8H2,1-2H3. The van der Waals surface area contributed by atoms with E-state index in [2.05, 4.69) is 23.5 Å². The van der Waals surface area contributed by atoms with Crippen LogP contribution in [0, 0.1) is 5.92 Å². The molecule has 5 heteroatoms. The quantitative estimate of drug-likeness (QED) is 0.594. The van der Waals surface area contributed by atoms with E-state index in [1.807, 2.05) is 49.1 Å². The molecule has 0 fully saturated rings. The molecule has 3 atom stereocenters. The highest BCUT2D eigenvalue weighted by atomic mass is 35.5. The van der Waals surface area contributed by atoms with Gasteiger partial charge in [0.05, 0.1) is 16.1 Å². The fourth-order valence-corrected chi connectivity index (χ4v) is 4.91. The van der Waals surface area contributed by atoms with Gasteiger partial charge in [-0.3, -0.25) is 4.79 Å². The van der Waals surface area contributed by atoms with Crippen molar-refractivity contribution in [2.75, 3.05) is 18.4 Å². The molecule has 3 unspecified atom stereocenters. The number of amides is 1. The number of rotatable bonds is 4. The van der Waals surface area contributed by atoms with Crippen LogP contribution in [0.1, 0.15) is 53.7 Å². The number of anilines is 1. The van der Waals surface area contributed by atoms with E-state index in [9.17, 15) is 4.79 Å². The van der Waals surface area contributed by atoms with Crippen molar-refractivity contribution in [1.82, 2.24) is 4.90 Å². The first-order chi connectivity index (χ1) is 13.5. The van der Waals surface area contributed by atoms with Gasteiger partial charge in [-0.25, -0.2) is 0 Å². The molecule has 1 N–H and O–H groups in total. The van der Waals surface area contributed by atoms with E-state index in [-0.39, 0.29) is 17.9 Å². The monoisotopic (exact) mass is 414 g/mol. The summed E-state index contributed by atoms with van der Waals surface area (Å²) in [5.74, 6) is 0.703. The lowest BCUT2D eigenvalue weighted by Crippen LogP contribution is -2.32. The zero-order valence-corrected chi connectivity index (χ0v) is 17.6. The van der Waals surface area contributed by atoms with Crippen molar-refractivity contribution in [2.24, 2.45) is 5.92 Å². The molecular formula is C23H24Cl2N2O. The smallest absolute Gasteiger partial charge is 0.253 e. The Bertz CT molecular complexity index is 936. The van der Waals surface area contributed by atoms with Crippen molar-refractivity contribution in [1.29, 1.82) is 0 Å². The molecule has 28 heavy (non-hydrogen) atoms. The summed E-state index contributed by atoms with van der Waals surface area (Å²) in [7, 11) is 0. The summed E-state index contributed by atoms with van der Waals surface area (Å²) in [5.41, 5.74) is 4.03. The van der Waals surface area contributed by atoms with E-state index in [0.717, 1.165) is 23.2 Å². The second-order valence-corrected chi connectivity index (χ2v) is 8.18. The highest BCUT2D eigenvalue weighted by Gasteiger charge is 2.39. The topological polar surface area (TPSA) is 32.3 Å². The zero-order chi connectivity index (χ0) is 19.8. The molecule has 1 heterocycles. The van der Waals surface area contributed by atoms with Gasteiger partial charge in [0, 0.05) is 30.3 Å². The van der Waals surface area contributed by atoms with Crippen LogP contribution in [0.2, 0.25) is 10.0 Å². The van der Waals surface area contributed by atoms with Crippen molar-refractivity contribution >= 4 is 34.8 Å². The van der Waals surface area contributed by atoms with Crippen molar-refractivity contribution in [3.8, 4) is 0 Å². The molecule has 146 valence electrons. The summed E-state index contributed by atoms with van der Waals surface area (Å²) < 4.78 is 0. The van der Waals surface area contributed by atoms with Gasteiger partial charge in [0.25, 0.3) is 5.91 Å². The van der Waals surface area contributed by atoms with Crippen LogP contribution in [-0.2, 0) is 0 Å². The average molecular weight is 415 g/mol. The van der Waals surface area contributed by atoms with Crippen LogP contribution >= 0.6 is 23.2 Å². The molecule has 0 saturated heterocycles. The van der Waals surface area contributed by atoms with E-state index < -0.39 is 0 Å². The van der Waals surface area contributed by atoms with Crippen LogP contribution in [0.25, 0.3) is 0 Å². The summed E-state index contributed by atoms with van der Waals surface area (Å²) >= 11 is 12.8. The Balaban J connectivity index is 1.73. The van der Waals surface area contributed by atoms with Gasteiger partial charge in [-0.2, -0.15) is 0 Å². The summed E-state index contributed by atoms with van der Waals surface area (Å²) in [6.07, 6.45) is 5.47. The number of carbonyl (C=O) groups is 1. The maximum atomic E-state index is 12.8. The van der Waals surface area contributed by atoms with Crippen LogP contribution in [0.15, 0.2) is 48.6 Å². The van der Waals surface area contributed by atoms with Gasteiger partial charge in [0.15, 0.2) is 0 Å². The van der Waals surface area contributed by atoms with Gasteiger partial charge in [-0.05, 0) is 61.6 Å². The minimum atomic E-state index is 0.0861. The molecule has 1 amide bonds. The molecule has 2 aromatic rings. The maximum absolute atomic E-state index is 12.8. The first kappa shape index (κ1) is 19.4. The van der Waals surface area contributed by atoms with Gasteiger partial charge in [0.2, 0.25) is 0 Å². The van der Waals surface area contributed by atoms with Gasteiger partial charge in [0.1, 0.15) is 0 Å². The Kier molecular flexibility index (Phi) is 5.39. The van der Waals surface area contributed by atoms with Crippen LogP contribution in [0.5, 0.6) is 0 Å². The number of nitrogens with zero attached hydrogens (tertiary/aromatic N) is 1. The fraction of sp³-hybridized carbons (Fsp3) is 0.348. The largest absolute Gasteiger partial charge is 0.378 e. The van der Waals surface area contributed by atoms with Crippen LogP contribution in [-0.4, -0.2) is 23.9 Å². The number of fused-ring (bicyclic) bond motifs is 3. The third-order valence-corrected chi connectivity index (χ3v) is 6.81. The molecule has 0 spiro atoms. The minimum absolute atomic E-state index is 0.0861. The van der Waals surface area contributed by atoms with Crippen molar-refractivity contribution in [2.45, 2.75) is 32.2 Å². The molecule has 2 aliphatic rings. The normalized spacial score (nSPS) is 22.4. The summed E-state index contributed by atoms with van der Waals surface area (Å²) in [4.78, 5) is 14.7. The van der Waals surface area contributed by atoms with Crippen LogP contribution < -0.4 is 5.32 Å². The third kappa shape index (κ3) is 3.21. The highest BCUT2D eigenvalue weighted by molar-refractivity contribution is 6.42. The zero-order valence-electron chi connectivity index (χ0n) is 16.1. The van der Waals surface area contributed by atoms with Crippen LogP contribution in [0.3, 0.4) is 0 Å². The maximum Gasteiger partial charge on any atom is 0.253 e. The van der Waals surface area contributed by atoms with Crippen molar-refractivity contribution < 1.29 is 4.79 Å². The summed E-state index contributed by atoms with van der Waals surface area (Å²) in [6.45, 7) is 5.45. The van der Waals surface area contributed by atoms with Gasteiger partial charge in [-0.1, -0.05) is 47.5 Å². The summed E-state index contributed by atoms with van der Waals surface area (Å²) in [6, 6.07) is 11.9. The molecule has 1 aliphatic carbocycles. The summed E-state index contributed by atoms with van der Waals surface area (Å²) in [5, 5.41) is 4.86. The lowest BCUT2D eigenvalue weighted by atomic mass is 9.76. The Morgan fingerprint density at radius 2 is 1.93 bits per heavy atom. The molecule has 0 radical (unpaired) electrons. The molecule has 4 rings (SSSR count). The molecule has 0 saturated carbocycles. The Morgan fingerprint density at radius 3 is 2.68 bits per heavy atom. The number of carbonyl (C=O) groups excluding carboxylic acids is 1. The third-order valence-electron chi connectivity index (χ3n) is 5.98. The second-order valence-electron chi connectivity index (χ2n) is 7.40. The number of nitrogens with one attached hydrogen (secondary N) is 1. The molecular weight excluding hydrogens is 391 g/mol. The molecule has 3 nitrogen and oxygen atoms in total. The lowest BCUT2D eigenvalue weighted by molar-refractivity contribution is 0.0773. The lowest BCUT2D eigenvalue weighted by Gasteiger charge is -2.38. The Hall–Kier alpha value is -1.97. The van der Waals surface area contributed by atoms with E-state index >= 15 is 0 Å². The number of hydrogen-bond donors (Lipinski definition) is 1. The van der Waals surface area contributed by atoms with Crippen molar-refractivity contribution in [3.63, 3.8) is 0 Å². The first-order valence-corrected chi connectivity index (χ1v) is 10.6. The Morgan fingerprint density at radius 1 is 1.14 bits per heavy atom. The Labute approximate surface area is 176 Å². The second kappa shape index (κ2) is 7.81. The number of hydrogen-bond acceptors (Lipinski definition) is 2. The number of halogens is 2. The van der Waals surface area contributed by atoms with Gasteiger partial charge in [-0.15, -0.1) is 0 Å². The predicted octanol–water partition coefficient (Wildman–Crippen LogP) is 6.30. The van der Waals surface area contributed by atoms with Gasteiger partial charge < -0.3 is 10.2 Å². The van der Waals surface area contributed by atoms with E-state index in [0.29, 0.717) is 29.1 Å². The molecule has 1 aliphatic heterocycles. The number of benzene rings is 2. The molecule has 0 bridgehead atoms. The number of allylic oxidation sites excluding steroid dienone is 2. The molecule has 2 aromatic carbocycles. The van der Waals surface area contributed by atoms with Crippen LogP contribution in [0.4, 0.5) is 5.69 Å².